The molecular weight excluding hydrogens is 334 g/mol. The number of fused-ring (bicyclic) bond motifs is 1. The zero-order chi connectivity index (χ0) is 18.7. The van der Waals surface area contributed by atoms with E-state index < -0.39 is 0 Å². The number of benzene rings is 1. The second-order valence-corrected chi connectivity index (χ2v) is 6.74. The van der Waals surface area contributed by atoms with Gasteiger partial charge in [-0.2, -0.15) is 0 Å². The third-order valence-electron chi connectivity index (χ3n) is 5.05. The number of hydrogen-bond acceptors (Lipinski definition) is 5. The summed E-state index contributed by atoms with van der Waals surface area (Å²) < 4.78 is 22.4. The summed E-state index contributed by atoms with van der Waals surface area (Å²) in [5, 5.41) is 0.856. The molecule has 26 heavy (non-hydrogen) atoms. The van der Waals surface area contributed by atoms with Gasteiger partial charge in [-0.15, -0.1) is 0 Å². The molecule has 1 aliphatic heterocycles. The molecule has 1 fully saturated rings. The number of rotatable bonds is 6. The van der Waals surface area contributed by atoms with Crippen molar-refractivity contribution in [3.63, 3.8) is 0 Å². The van der Waals surface area contributed by atoms with Crippen LogP contribution in [0.4, 0.5) is 0 Å². The number of ether oxygens (including phenoxy) is 3. The molecule has 0 N–H and O–H groups in total. The third kappa shape index (κ3) is 3.51. The highest BCUT2D eigenvalue weighted by atomic mass is 16.5. The predicted molar refractivity (Wildman–Crippen MR) is 99.2 cm³/mol. The Kier molecular flexibility index (Phi) is 5.71. The lowest BCUT2D eigenvalue weighted by Gasteiger charge is -2.25. The predicted octanol–water partition coefficient (Wildman–Crippen LogP) is 3.79. The summed E-state index contributed by atoms with van der Waals surface area (Å²) in [5.41, 5.74) is 1.35. The minimum absolute atomic E-state index is 0.129. The van der Waals surface area contributed by atoms with E-state index >= 15 is 0 Å². The van der Waals surface area contributed by atoms with E-state index in [4.69, 9.17) is 18.6 Å². The maximum atomic E-state index is 12.9. The number of hydrogen-bond donors (Lipinski definition) is 0. The topological polar surface area (TPSA) is 61.1 Å². The summed E-state index contributed by atoms with van der Waals surface area (Å²) in [6.45, 7) is 3.36. The van der Waals surface area contributed by atoms with Crippen LogP contribution >= 0.6 is 0 Å². The first-order chi connectivity index (χ1) is 12.6. The molecule has 6 heteroatoms. The maximum absolute atomic E-state index is 12.9. The van der Waals surface area contributed by atoms with E-state index in [1.165, 1.54) is 6.42 Å². The average Bonchev–Trinajstić information content (AvgIpc) is 3.02. The quantitative estimate of drug-likeness (QED) is 0.783. The van der Waals surface area contributed by atoms with Crippen molar-refractivity contribution in [2.75, 3.05) is 34.4 Å². The van der Waals surface area contributed by atoms with E-state index in [-0.39, 0.29) is 12.0 Å². The normalized spacial score (nSPS) is 17.3. The van der Waals surface area contributed by atoms with Gasteiger partial charge in [-0.3, -0.25) is 4.79 Å². The standard InChI is InChI=1S/C20H27NO5/c1-13-15-8-9-16(23-3)19(24-4)18(15)26-17(13)20(22)21(2)11-10-14-7-5-6-12-25-14/h8-9,14H,5-7,10-12H2,1-4H3. The van der Waals surface area contributed by atoms with Gasteiger partial charge in [0.1, 0.15) is 0 Å². The maximum Gasteiger partial charge on any atom is 0.289 e. The lowest BCUT2D eigenvalue weighted by molar-refractivity contribution is 0.00691. The highest BCUT2D eigenvalue weighted by molar-refractivity contribution is 6.00. The van der Waals surface area contributed by atoms with Crippen molar-refractivity contribution >= 4 is 16.9 Å². The van der Waals surface area contributed by atoms with Crippen molar-refractivity contribution in [2.24, 2.45) is 0 Å². The van der Waals surface area contributed by atoms with Crippen LogP contribution in [-0.4, -0.2) is 51.3 Å². The van der Waals surface area contributed by atoms with Gasteiger partial charge in [-0.1, -0.05) is 0 Å². The molecule has 0 bridgehead atoms. The van der Waals surface area contributed by atoms with Gasteiger partial charge in [0.05, 0.1) is 20.3 Å². The number of amides is 1. The van der Waals surface area contributed by atoms with Crippen molar-refractivity contribution in [3.05, 3.63) is 23.5 Å². The molecule has 0 saturated carbocycles. The summed E-state index contributed by atoms with van der Waals surface area (Å²) in [6, 6.07) is 3.71. The molecule has 0 spiro atoms. The Bertz CT molecular complexity index is 776. The molecule has 142 valence electrons. The largest absolute Gasteiger partial charge is 0.493 e. The van der Waals surface area contributed by atoms with Crippen LogP contribution in [0.5, 0.6) is 11.5 Å². The van der Waals surface area contributed by atoms with Crippen molar-refractivity contribution < 1.29 is 23.4 Å². The molecule has 1 unspecified atom stereocenters. The monoisotopic (exact) mass is 361 g/mol. The molecule has 3 rings (SSSR count). The number of methoxy groups -OCH3 is 2. The van der Waals surface area contributed by atoms with Crippen LogP contribution in [0.3, 0.4) is 0 Å². The Hall–Kier alpha value is -2.21. The second-order valence-electron chi connectivity index (χ2n) is 6.74. The highest BCUT2D eigenvalue weighted by Crippen LogP contribution is 2.39. The second kappa shape index (κ2) is 7.99. The summed E-state index contributed by atoms with van der Waals surface area (Å²) in [5.74, 6) is 1.30. The number of furan rings is 1. The van der Waals surface area contributed by atoms with Crippen molar-refractivity contribution in [1.82, 2.24) is 4.90 Å². The number of aryl methyl sites for hydroxylation is 1. The van der Waals surface area contributed by atoms with Gasteiger partial charge in [0.2, 0.25) is 5.75 Å². The SMILES string of the molecule is COc1ccc2c(C)c(C(=O)N(C)CCC3CCCCO3)oc2c1OC. The Labute approximate surface area is 154 Å². The minimum atomic E-state index is -0.129. The molecule has 1 saturated heterocycles. The Morgan fingerprint density at radius 3 is 2.73 bits per heavy atom. The molecule has 2 aromatic rings. The molecule has 0 radical (unpaired) electrons. The van der Waals surface area contributed by atoms with Gasteiger partial charge in [0.15, 0.2) is 17.1 Å². The third-order valence-corrected chi connectivity index (χ3v) is 5.05. The average molecular weight is 361 g/mol. The van der Waals surface area contributed by atoms with E-state index in [9.17, 15) is 4.79 Å². The Balaban J connectivity index is 1.80. The lowest BCUT2D eigenvalue weighted by Crippen LogP contribution is -2.31. The molecule has 2 heterocycles. The van der Waals surface area contributed by atoms with Crippen LogP contribution in [0, 0.1) is 6.92 Å². The van der Waals surface area contributed by atoms with Gasteiger partial charge in [-0.25, -0.2) is 0 Å². The van der Waals surface area contributed by atoms with Crippen LogP contribution in [-0.2, 0) is 4.74 Å². The molecule has 6 nitrogen and oxygen atoms in total. The molecule has 1 aliphatic rings. The Morgan fingerprint density at radius 1 is 1.27 bits per heavy atom. The fourth-order valence-electron chi connectivity index (χ4n) is 3.45. The smallest absolute Gasteiger partial charge is 0.289 e. The van der Waals surface area contributed by atoms with Gasteiger partial charge < -0.3 is 23.5 Å². The summed E-state index contributed by atoms with van der Waals surface area (Å²) in [7, 11) is 4.94. The number of carbonyl (C=O) groups is 1. The van der Waals surface area contributed by atoms with Crippen molar-refractivity contribution in [1.29, 1.82) is 0 Å². The molecular formula is C20H27NO5. The van der Waals surface area contributed by atoms with E-state index in [0.29, 0.717) is 29.4 Å². The molecule has 1 atom stereocenters. The van der Waals surface area contributed by atoms with E-state index in [2.05, 4.69) is 0 Å². The van der Waals surface area contributed by atoms with Crippen LogP contribution in [0.1, 0.15) is 41.8 Å². The van der Waals surface area contributed by atoms with Crippen LogP contribution in [0.25, 0.3) is 11.0 Å². The molecule has 1 aromatic heterocycles. The molecule has 1 amide bonds. The number of nitrogens with zero attached hydrogens (tertiary/aromatic N) is 1. The molecule has 1 aromatic carbocycles. The van der Waals surface area contributed by atoms with E-state index in [1.54, 1.807) is 26.2 Å². The zero-order valence-electron chi connectivity index (χ0n) is 16.0. The fourth-order valence-corrected chi connectivity index (χ4v) is 3.45. The van der Waals surface area contributed by atoms with Crippen molar-refractivity contribution in [2.45, 2.75) is 38.7 Å². The number of carbonyl (C=O) groups excluding carboxylic acids is 1. The first kappa shape index (κ1) is 18.6. The van der Waals surface area contributed by atoms with E-state index in [0.717, 1.165) is 36.8 Å². The summed E-state index contributed by atoms with van der Waals surface area (Å²) in [6.07, 6.45) is 4.50. The summed E-state index contributed by atoms with van der Waals surface area (Å²) >= 11 is 0. The van der Waals surface area contributed by atoms with Gasteiger partial charge in [0.25, 0.3) is 5.91 Å². The Morgan fingerprint density at radius 2 is 2.08 bits per heavy atom. The lowest BCUT2D eigenvalue weighted by atomic mass is 10.1. The van der Waals surface area contributed by atoms with Gasteiger partial charge >= 0.3 is 0 Å². The first-order valence-electron chi connectivity index (χ1n) is 9.08. The minimum Gasteiger partial charge on any atom is -0.493 e. The van der Waals surface area contributed by atoms with Crippen LogP contribution in [0.2, 0.25) is 0 Å². The van der Waals surface area contributed by atoms with Crippen molar-refractivity contribution in [3.8, 4) is 11.5 Å². The van der Waals surface area contributed by atoms with Gasteiger partial charge in [-0.05, 0) is 44.7 Å². The zero-order valence-corrected chi connectivity index (χ0v) is 16.0. The summed E-state index contributed by atoms with van der Waals surface area (Å²) in [4.78, 5) is 14.6. The molecule has 0 aliphatic carbocycles. The fraction of sp³-hybridized carbons (Fsp3) is 0.550. The van der Waals surface area contributed by atoms with E-state index in [1.807, 2.05) is 19.1 Å². The van der Waals surface area contributed by atoms with Gasteiger partial charge in [0, 0.05) is 31.1 Å². The van der Waals surface area contributed by atoms with Crippen LogP contribution in [0.15, 0.2) is 16.5 Å². The highest BCUT2D eigenvalue weighted by Gasteiger charge is 2.25. The van der Waals surface area contributed by atoms with Crippen LogP contribution < -0.4 is 9.47 Å². The first-order valence-corrected chi connectivity index (χ1v) is 9.08.